The van der Waals surface area contributed by atoms with E-state index >= 15 is 0 Å². The zero-order chi connectivity index (χ0) is 12.0. The summed E-state index contributed by atoms with van der Waals surface area (Å²) >= 11 is 0. The van der Waals surface area contributed by atoms with Crippen LogP contribution in [0.4, 0.5) is 0 Å². The predicted octanol–water partition coefficient (Wildman–Crippen LogP) is 2.45. The van der Waals surface area contributed by atoms with Crippen molar-refractivity contribution >= 4 is 5.97 Å². The Morgan fingerprint density at radius 2 is 2.12 bits per heavy atom. The van der Waals surface area contributed by atoms with Crippen molar-refractivity contribution in [3.63, 3.8) is 0 Å². The first-order valence-electron chi connectivity index (χ1n) is 6.55. The van der Waals surface area contributed by atoms with Gasteiger partial charge in [0.05, 0.1) is 6.61 Å². The minimum Gasteiger partial charge on any atom is -0.465 e. The zero-order valence-electron chi connectivity index (χ0n) is 10.9. The van der Waals surface area contributed by atoms with Crippen molar-refractivity contribution in [3.8, 4) is 0 Å². The maximum Gasteiger partial charge on any atom is 0.323 e. The average molecular weight is 227 g/mol. The van der Waals surface area contributed by atoms with E-state index in [0.717, 1.165) is 25.3 Å². The molecule has 1 saturated carbocycles. The molecule has 3 heteroatoms. The van der Waals surface area contributed by atoms with E-state index < -0.39 is 0 Å². The van der Waals surface area contributed by atoms with Crippen LogP contribution in [-0.4, -0.2) is 37.1 Å². The molecule has 0 aromatic carbocycles. The van der Waals surface area contributed by atoms with Crippen LogP contribution < -0.4 is 0 Å². The number of carbonyl (C=O) groups is 1. The van der Waals surface area contributed by atoms with E-state index in [-0.39, 0.29) is 12.0 Å². The molecule has 3 nitrogen and oxygen atoms in total. The van der Waals surface area contributed by atoms with Gasteiger partial charge in [-0.05, 0) is 39.2 Å². The fourth-order valence-electron chi connectivity index (χ4n) is 2.24. The summed E-state index contributed by atoms with van der Waals surface area (Å²) in [6.07, 6.45) is 5.94. The fraction of sp³-hybridized carbons (Fsp3) is 0.923. The number of esters is 1. The maximum absolute atomic E-state index is 11.8. The molecule has 1 atom stereocenters. The maximum atomic E-state index is 11.8. The zero-order valence-corrected chi connectivity index (χ0v) is 10.9. The van der Waals surface area contributed by atoms with Crippen LogP contribution in [0.1, 0.15) is 46.0 Å². The van der Waals surface area contributed by atoms with Crippen LogP contribution in [0.3, 0.4) is 0 Å². The topological polar surface area (TPSA) is 29.5 Å². The Labute approximate surface area is 99.1 Å². The van der Waals surface area contributed by atoms with Crippen molar-refractivity contribution in [2.45, 2.75) is 52.0 Å². The fourth-order valence-corrected chi connectivity index (χ4v) is 2.24. The summed E-state index contributed by atoms with van der Waals surface area (Å²) in [4.78, 5) is 14.0. The number of ether oxygens (including phenoxy) is 1. The van der Waals surface area contributed by atoms with Crippen LogP contribution >= 0.6 is 0 Å². The van der Waals surface area contributed by atoms with E-state index in [1.165, 1.54) is 19.3 Å². The number of hydrogen-bond donors (Lipinski definition) is 0. The molecule has 1 aliphatic carbocycles. The molecular weight excluding hydrogens is 202 g/mol. The molecule has 0 saturated heterocycles. The first-order chi connectivity index (χ1) is 7.69. The van der Waals surface area contributed by atoms with Gasteiger partial charge in [-0.15, -0.1) is 0 Å². The van der Waals surface area contributed by atoms with Gasteiger partial charge in [-0.2, -0.15) is 0 Å². The van der Waals surface area contributed by atoms with Gasteiger partial charge in [-0.3, -0.25) is 9.69 Å². The van der Waals surface area contributed by atoms with E-state index in [1.807, 2.05) is 6.92 Å². The van der Waals surface area contributed by atoms with Gasteiger partial charge >= 0.3 is 5.97 Å². The minimum absolute atomic E-state index is 0.0365. The molecule has 0 amide bonds. The third kappa shape index (κ3) is 3.78. The number of nitrogens with zero attached hydrogens (tertiary/aromatic N) is 1. The molecule has 1 aliphatic rings. The molecule has 0 heterocycles. The quantitative estimate of drug-likeness (QED) is 0.626. The molecule has 0 spiro atoms. The standard InChI is InChI=1S/C13H25NO2/c1-4-7-12(13(15)16-5-2)14(3)10-11-8-6-9-11/h11-12H,4-10H2,1-3H3. The van der Waals surface area contributed by atoms with Gasteiger partial charge in [0.2, 0.25) is 0 Å². The predicted molar refractivity (Wildman–Crippen MR) is 65.3 cm³/mol. The Morgan fingerprint density at radius 3 is 2.56 bits per heavy atom. The van der Waals surface area contributed by atoms with E-state index in [1.54, 1.807) is 0 Å². The van der Waals surface area contributed by atoms with E-state index in [0.29, 0.717) is 6.61 Å². The van der Waals surface area contributed by atoms with Gasteiger partial charge < -0.3 is 4.74 Å². The molecule has 0 bridgehead atoms. The highest BCUT2D eigenvalue weighted by Gasteiger charge is 2.27. The Hall–Kier alpha value is -0.570. The smallest absolute Gasteiger partial charge is 0.323 e. The highest BCUT2D eigenvalue weighted by molar-refractivity contribution is 5.75. The molecule has 1 unspecified atom stereocenters. The molecule has 0 N–H and O–H groups in total. The van der Waals surface area contributed by atoms with Crippen LogP contribution in [0.5, 0.6) is 0 Å². The molecule has 1 fully saturated rings. The van der Waals surface area contributed by atoms with E-state index in [9.17, 15) is 4.79 Å². The lowest BCUT2D eigenvalue weighted by atomic mass is 9.85. The lowest BCUT2D eigenvalue weighted by Gasteiger charge is -2.33. The first-order valence-corrected chi connectivity index (χ1v) is 6.55. The van der Waals surface area contributed by atoms with Crippen molar-refractivity contribution in [2.75, 3.05) is 20.2 Å². The second-order valence-corrected chi connectivity index (χ2v) is 4.79. The molecule has 0 radical (unpaired) electrons. The SMILES string of the molecule is CCCC(C(=O)OCC)N(C)CC1CCC1. The van der Waals surface area contributed by atoms with Gasteiger partial charge in [-0.1, -0.05) is 19.8 Å². The summed E-state index contributed by atoms with van der Waals surface area (Å²) < 4.78 is 5.13. The average Bonchev–Trinajstić information content (AvgIpc) is 2.20. The van der Waals surface area contributed by atoms with Crippen molar-refractivity contribution in [3.05, 3.63) is 0 Å². The largest absolute Gasteiger partial charge is 0.465 e. The number of likely N-dealkylation sites (N-methyl/N-ethyl adjacent to an activating group) is 1. The molecular formula is C13H25NO2. The third-order valence-corrected chi connectivity index (χ3v) is 3.42. The van der Waals surface area contributed by atoms with Crippen molar-refractivity contribution in [2.24, 2.45) is 5.92 Å². The van der Waals surface area contributed by atoms with Crippen LogP contribution in [-0.2, 0) is 9.53 Å². The molecule has 0 aromatic heterocycles. The number of rotatable bonds is 7. The summed E-state index contributed by atoms with van der Waals surface area (Å²) in [6, 6.07) is -0.0365. The minimum atomic E-state index is -0.0498. The van der Waals surface area contributed by atoms with Crippen LogP contribution in [0.2, 0.25) is 0 Å². The van der Waals surface area contributed by atoms with E-state index in [2.05, 4.69) is 18.9 Å². The monoisotopic (exact) mass is 227 g/mol. The van der Waals surface area contributed by atoms with Gasteiger partial charge in [0.15, 0.2) is 0 Å². The Kier molecular flexibility index (Phi) is 5.81. The Morgan fingerprint density at radius 1 is 1.44 bits per heavy atom. The molecule has 94 valence electrons. The summed E-state index contributed by atoms with van der Waals surface area (Å²) in [6.45, 7) is 5.51. The third-order valence-electron chi connectivity index (χ3n) is 3.42. The molecule has 1 rings (SSSR count). The van der Waals surface area contributed by atoms with Crippen molar-refractivity contribution < 1.29 is 9.53 Å². The Bertz CT molecular complexity index is 214. The normalized spacial score (nSPS) is 18.2. The molecule has 0 aromatic rings. The highest BCUT2D eigenvalue weighted by atomic mass is 16.5. The number of hydrogen-bond acceptors (Lipinski definition) is 3. The summed E-state index contributed by atoms with van der Waals surface area (Å²) in [5.74, 6) is 0.755. The highest BCUT2D eigenvalue weighted by Crippen LogP contribution is 2.27. The van der Waals surface area contributed by atoms with E-state index in [4.69, 9.17) is 4.74 Å². The van der Waals surface area contributed by atoms with Crippen molar-refractivity contribution in [1.82, 2.24) is 4.90 Å². The Balaban J connectivity index is 2.42. The second kappa shape index (κ2) is 6.89. The molecule has 0 aliphatic heterocycles. The van der Waals surface area contributed by atoms with Gasteiger partial charge in [0.1, 0.15) is 6.04 Å². The van der Waals surface area contributed by atoms with Gasteiger partial charge in [0.25, 0.3) is 0 Å². The summed E-state index contributed by atoms with van der Waals surface area (Å²) in [7, 11) is 2.05. The lowest BCUT2D eigenvalue weighted by molar-refractivity contribution is -0.149. The summed E-state index contributed by atoms with van der Waals surface area (Å²) in [5.41, 5.74) is 0. The van der Waals surface area contributed by atoms with Crippen LogP contribution in [0, 0.1) is 5.92 Å². The lowest BCUT2D eigenvalue weighted by Crippen LogP contribution is -2.43. The first kappa shape index (κ1) is 13.5. The van der Waals surface area contributed by atoms with Gasteiger partial charge in [-0.25, -0.2) is 0 Å². The second-order valence-electron chi connectivity index (χ2n) is 4.79. The van der Waals surface area contributed by atoms with Crippen LogP contribution in [0.15, 0.2) is 0 Å². The van der Waals surface area contributed by atoms with Crippen molar-refractivity contribution in [1.29, 1.82) is 0 Å². The van der Waals surface area contributed by atoms with Gasteiger partial charge in [0, 0.05) is 6.54 Å². The molecule has 16 heavy (non-hydrogen) atoms. The number of carbonyl (C=O) groups excluding carboxylic acids is 1. The summed E-state index contributed by atoms with van der Waals surface area (Å²) in [5, 5.41) is 0. The van der Waals surface area contributed by atoms with Crippen LogP contribution in [0.25, 0.3) is 0 Å².